The van der Waals surface area contributed by atoms with Crippen LogP contribution in [0.15, 0.2) is 0 Å². The molecule has 0 saturated carbocycles. The molecule has 0 atom stereocenters. The molecule has 0 rings (SSSR count). The molecule has 0 fully saturated rings. The molecule has 6 heavy (non-hydrogen) atoms. The first kappa shape index (κ1) is 9.75. The van der Waals surface area contributed by atoms with Crippen molar-refractivity contribution in [3.63, 3.8) is 0 Å². The molecule has 0 aromatic heterocycles. The van der Waals surface area contributed by atoms with Gasteiger partial charge in [-0.25, -0.2) is 0 Å². The second kappa shape index (κ2) is 2.68. The van der Waals surface area contributed by atoms with E-state index in [1.165, 1.54) is 0 Å². The van der Waals surface area contributed by atoms with Crippen molar-refractivity contribution in [3.8, 4) is 0 Å². The fourth-order valence-electron chi connectivity index (χ4n) is 0. The molecule has 0 spiro atoms. The normalized spacial score (nSPS) is 9.67. The molecule has 0 saturated heterocycles. The Morgan fingerprint density at radius 1 is 1.50 bits per heavy atom. The van der Waals surface area contributed by atoms with Crippen LogP contribution in [0.3, 0.4) is 0 Å². The molecule has 3 nitrogen and oxygen atoms in total. The summed E-state index contributed by atoms with van der Waals surface area (Å²) in [4.78, 5) is 0. The fraction of sp³-hybridized carbons (Fsp3) is 0. The van der Waals surface area contributed by atoms with Crippen LogP contribution >= 0.6 is 0 Å². The molecule has 1 N–H and O–H groups in total. The van der Waals surface area contributed by atoms with E-state index >= 15 is 0 Å². The second-order valence-corrected chi connectivity index (χ2v) is 1.24. The SMILES string of the molecule is O=S(=O)(O)F.[Ti]. The summed E-state index contributed by atoms with van der Waals surface area (Å²) in [5.74, 6) is 0. The molecule has 0 heterocycles. The summed E-state index contributed by atoms with van der Waals surface area (Å²) in [6.07, 6.45) is 0. The molecule has 0 bridgehead atoms. The predicted octanol–water partition coefficient (Wildman–Crippen LogP) is -0.244. The first-order chi connectivity index (χ1) is 2.00. The number of halogens is 1. The van der Waals surface area contributed by atoms with Gasteiger partial charge in [-0.1, -0.05) is 3.89 Å². The first-order valence-corrected chi connectivity index (χ1v) is 2.01. The zero-order chi connectivity index (χ0) is 4.50. The average molecular weight is 148 g/mol. The van der Waals surface area contributed by atoms with Crippen LogP contribution in [0, 0.1) is 0 Å². The van der Waals surface area contributed by atoms with Crippen molar-refractivity contribution in [1.29, 1.82) is 0 Å². The van der Waals surface area contributed by atoms with Gasteiger partial charge in [0.05, 0.1) is 0 Å². The summed E-state index contributed by atoms with van der Waals surface area (Å²) in [6, 6.07) is 0. The third kappa shape index (κ3) is 187. The van der Waals surface area contributed by atoms with Crippen molar-refractivity contribution in [2.75, 3.05) is 0 Å². The van der Waals surface area contributed by atoms with Crippen LogP contribution in [0.5, 0.6) is 0 Å². The van der Waals surface area contributed by atoms with Crippen molar-refractivity contribution in [2.24, 2.45) is 0 Å². The largest absolute Gasteiger partial charge is 0.435 e. The van der Waals surface area contributed by atoms with E-state index in [1.54, 1.807) is 0 Å². The van der Waals surface area contributed by atoms with Gasteiger partial charge in [0.25, 0.3) is 0 Å². The van der Waals surface area contributed by atoms with Crippen LogP contribution in [0.25, 0.3) is 0 Å². The molecule has 0 aliphatic carbocycles. The molecule has 0 unspecified atom stereocenters. The Morgan fingerprint density at radius 2 is 1.50 bits per heavy atom. The predicted molar refractivity (Wildman–Crippen MR) is 12.7 cm³/mol. The monoisotopic (exact) mass is 148 g/mol. The smallest absolute Gasteiger partial charge is 0.260 e. The minimum absolute atomic E-state index is 0. The van der Waals surface area contributed by atoms with Crippen molar-refractivity contribution >= 4 is 10.5 Å². The summed E-state index contributed by atoms with van der Waals surface area (Å²) in [5, 5.41) is 0. The van der Waals surface area contributed by atoms with E-state index in [1.807, 2.05) is 0 Å². The maximum atomic E-state index is 10.2. The Morgan fingerprint density at radius 3 is 1.50 bits per heavy atom. The molecule has 0 radical (unpaired) electrons. The number of hydrogen-bond donors (Lipinski definition) is 1. The van der Waals surface area contributed by atoms with Crippen LogP contribution in [0.4, 0.5) is 3.89 Å². The third-order valence-electron chi connectivity index (χ3n) is 0. The molecular weight excluding hydrogens is 147 g/mol. The van der Waals surface area contributed by atoms with Gasteiger partial charge in [-0.2, -0.15) is 8.42 Å². The Balaban J connectivity index is 0. The molecule has 0 aromatic rings. The van der Waals surface area contributed by atoms with Crippen molar-refractivity contribution in [1.82, 2.24) is 0 Å². The summed E-state index contributed by atoms with van der Waals surface area (Å²) >= 11 is 0. The van der Waals surface area contributed by atoms with Gasteiger partial charge >= 0.3 is 10.5 Å². The molecule has 36 valence electrons. The van der Waals surface area contributed by atoms with E-state index in [2.05, 4.69) is 0 Å². The summed E-state index contributed by atoms with van der Waals surface area (Å²) in [5.41, 5.74) is 0. The third-order valence-corrected chi connectivity index (χ3v) is 0. The van der Waals surface area contributed by atoms with Gasteiger partial charge in [0.2, 0.25) is 0 Å². The Bertz CT molecular complexity index is 94.0. The van der Waals surface area contributed by atoms with Crippen molar-refractivity contribution < 1.29 is 38.6 Å². The van der Waals surface area contributed by atoms with Crippen LogP contribution < -0.4 is 0 Å². The maximum absolute atomic E-state index is 10.2. The van der Waals surface area contributed by atoms with E-state index in [0.29, 0.717) is 0 Å². The molecule has 6 heteroatoms. The first-order valence-electron chi connectivity index (χ1n) is 0.670. The Labute approximate surface area is 49.5 Å². The number of hydrogen-bond acceptors (Lipinski definition) is 2. The van der Waals surface area contributed by atoms with E-state index in [0.717, 1.165) is 0 Å². The topological polar surface area (TPSA) is 54.4 Å². The average Bonchev–Trinajstić information content (AvgIpc) is 0.722. The Hall–Kier alpha value is 0.554. The molecule has 0 amide bonds. The minimum Gasteiger partial charge on any atom is -0.260 e. The van der Waals surface area contributed by atoms with Gasteiger partial charge in [0, 0.05) is 21.7 Å². The Kier molecular flexibility index (Phi) is 4.36. The van der Waals surface area contributed by atoms with Crippen LogP contribution in [0.2, 0.25) is 0 Å². The number of rotatable bonds is 0. The summed E-state index contributed by atoms with van der Waals surface area (Å²) < 4.78 is 34.1. The van der Waals surface area contributed by atoms with E-state index in [4.69, 9.17) is 13.0 Å². The molecule has 0 aliphatic rings. The summed E-state index contributed by atoms with van der Waals surface area (Å²) in [6.45, 7) is 0. The van der Waals surface area contributed by atoms with Crippen molar-refractivity contribution in [3.05, 3.63) is 0 Å². The van der Waals surface area contributed by atoms with Gasteiger partial charge in [-0.15, -0.1) is 0 Å². The van der Waals surface area contributed by atoms with E-state index in [9.17, 15) is 3.89 Å². The van der Waals surface area contributed by atoms with Crippen LogP contribution in [-0.4, -0.2) is 13.0 Å². The zero-order valence-electron chi connectivity index (χ0n) is 2.55. The zero-order valence-corrected chi connectivity index (χ0v) is 4.93. The minimum atomic E-state index is -5.17. The quantitative estimate of drug-likeness (QED) is 0.293. The van der Waals surface area contributed by atoms with Crippen LogP contribution in [-0.2, 0) is 32.2 Å². The molecule has 0 aliphatic heterocycles. The van der Waals surface area contributed by atoms with E-state index < -0.39 is 10.5 Å². The van der Waals surface area contributed by atoms with Gasteiger partial charge in [0.1, 0.15) is 0 Å². The van der Waals surface area contributed by atoms with Crippen LogP contribution in [0.1, 0.15) is 0 Å². The molecular formula is HFO3STi. The summed E-state index contributed by atoms with van der Waals surface area (Å²) in [7, 11) is -5.17. The van der Waals surface area contributed by atoms with E-state index in [-0.39, 0.29) is 21.7 Å². The maximum Gasteiger partial charge on any atom is 0.435 e. The fourth-order valence-corrected chi connectivity index (χ4v) is 0. The van der Waals surface area contributed by atoms with Gasteiger partial charge in [-0.05, 0) is 0 Å². The second-order valence-electron chi connectivity index (χ2n) is 0.412. The van der Waals surface area contributed by atoms with Gasteiger partial charge < -0.3 is 0 Å². The standard InChI is InChI=1S/FHO3S.Ti/c1-5(2,3)4;/h(H,2,3,4);. The van der Waals surface area contributed by atoms with Gasteiger partial charge in [-0.3, -0.25) is 4.55 Å². The molecule has 0 aromatic carbocycles. The van der Waals surface area contributed by atoms with Gasteiger partial charge in [0.15, 0.2) is 0 Å². The van der Waals surface area contributed by atoms with Crippen molar-refractivity contribution in [2.45, 2.75) is 0 Å².